The Balaban J connectivity index is 1.64. The zero-order chi connectivity index (χ0) is 9.54. The number of nitrogens with one attached hydrogen (secondary N) is 1. The highest BCUT2D eigenvalue weighted by atomic mass is 32.1. The molecule has 2 saturated carbocycles. The van der Waals surface area contributed by atoms with Crippen molar-refractivity contribution < 1.29 is 5.11 Å². The van der Waals surface area contributed by atoms with Gasteiger partial charge >= 0.3 is 0 Å². The molecule has 2 aliphatic rings. The summed E-state index contributed by atoms with van der Waals surface area (Å²) in [5, 5.41) is 13.5. The summed E-state index contributed by atoms with van der Waals surface area (Å²) < 4.78 is 4.30. The fourth-order valence-corrected chi connectivity index (χ4v) is 2.32. The minimum absolute atomic E-state index is 0.191. The molecule has 76 valence electrons. The van der Waals surface area contributed by atoms with Crippen molar-refractivity contribution >= 4 is 16.7 Å². The molecule has 4 nitrogen and oxygen atoms in total. The summed E-state index contributed by atoms with van der Waals surface area (Å²) in [5.41, 5.74) is 0. The van der Waals surface area contributed by atoms with Crippen LogP contribution in [0.1, 0.15) is 37.4 Å². The van der Waals surface area contributed by atoms with E-state index in [0.717, 1.165) is 23.8 Å². The highest BCUT2D eigenvalue weighted by molar-refractivity contribution is 7.09. The van der Waals surface area contributed by atoms with Gasteiger partial charge in [0.2, 0.25) is 5.13 Å². The number of aliphatic hydroxyl groups excluding tert-OH is 1. The molecular weight excluding hydrogens is 198 g/mol. The number of aliphatic hydroxyl groups is 1. The highest BCUT2D eigenvalue weighted by Crippen LogP contribution is 2.39. The Bertz CT molecular complexity index is 337. The second-order valence-corrected chi connectivity index (χ2v) is 4.88. The normalized spacial score (nSPS) is 31.2. The van der Waals surface area contributed by atoms with E-state index < -0.39 is 0 Å². The molecule has 1 aromatic heterocycles. The smallest absolute Gasteiger partial charge is 0.202 e. The summed E-state index contributed by atoms with van der Waals surface area (Å²) >= 11 is 1.41. The van der Waals surface area contributed by atoms with Gasteiger partial charge in [0.25, 0.3) is 0 Å². The Labute approximate surface area is 86.5 Å². The van der Waals surface area contributed by atoms with Crippen molar-refractivity contribution in [3.8, 4) is 0 Å². The summed E-state index contributed by atoms with van der Waals surface area (Å²) in [6, 6.07) is 0.204. The third-order valence-corrected chi connectivity index (χ3v) is 3.59. The van der Waals surface area contributed by atoms with E-state index in [2.05, 4.69) is 14.7 Å². The Morgan fingerprint density at radius 2 is 2.14 bits per heavy atom. The zero-order valence-electron chi connectivity index (χ0n) is 7.81. The monoisotopic (exact) mass is 211 g/mol. The van der Waals surface area contributed by atoms with Crippen molar-refractivity contribution in [2.45, 2.75) is 43.7 Å². The number of hydrogen-bond donors (Lipinski definition) is 2. The number of rotatable bonds is 3. The van der Waals surface area contributed by atoms with E-state index in [1.807, 2.05) is 0 Å². The van der Waals surface area contributed by atoms with Gasteiger partial charge < -0.3 is 10.4 Å². The molecule has 2 fully saturated rings. The van der Waals surface area contributed by atoms with E-state index in [-0.39, 0.29) is 12.1 Å². The highest BCUT2D eigenvalue weighted by Gasteiger charge is 2.31. The Morgan fingerprint density at radius 1 is 1.29 bits per heavy atom. The first-order valence-corrected chi connectivity index (χ1v) is 5.88. The van der Waals surface area contributed by atoms with Crippen molar-refractivity contribution in [2.24, 2.45) is 0 Å². The van der Waals surface area contributed by atoms with Crippen molar-refractivity contribution in [3.05, 3.63) is 5.82 Å². The fourth-order valence-electron chi connectivity index (χ4n) is 1.61. The quantitative estimate of drug-likeness (QED) is 0.792. The van der Waals surface area contributed by atoms with Crippen LogP contribution < -0.4 is 5.32 Å². The summed E-state index contributed by atoms with van der Waals surface area (Å²) in [4.78, 5) is 4.41. The van der Waals surface area contributed by atoms with Gasteiger partial charge in [-0.05, 0) is 25.7 Å². The molecule has 14 heavy (non-hydrogen) atoms. The van der Waals surface area contributed by atoms with Crippen LogP contribution in [0.2, 0.25) is 0 Å². The number of aromatic nitrogens is 2. The van der Waals surface area contributed by atoms with Gasteiger partial charge in [0.05, 0.1) is 12.1 Å². The molecule has 5 heteroatoms. The molecule has 0 radical (unpaired) electrons. The lowest BCUT2D eigenvalue weighted by atomic mass is 9.89. The predicted octanol–water partition coefficient (Wildman–Crippen LogP) is 1.35. The fraction of sp³-hybridized carbons (Fsp3) is 0.778. The number of hydrogen-bond acceptors (Lipinski definition) is 5. The Morgan fingerprint density at radius 3 is 2.71 bits per heavy atom. The molecule has 1 aromatic rings. The zero-order valence-corrected chi connectivity index (χ0v) is 8.63. The first-order valence-electron chi connectivity index (χ1n) is 5.11. The first-order chi connectivity index (χ1) is 6.83. The van der Waals surface area contributed by atoms with Crippen LogP contribution in [0.4, 0.5) is 5.13 Å². The van der Waals surface area contributed by atoms with E-state index in [0.29, 0.717) is 5.92 Å². The molecule has 3 rings (SSSR count). The van der Waals surface area contributed by atoms with Gasteiger partial charge in [-0.1, -0.05) is 0 Å². The Kier molecular flexibility index (Phi) is 1.95. The van der Waals surface area contributed by atoms with Crippen LogP contribution in [0.15, 0.2) is 0 Å². The van der Waals surface area contributed by atoms with E-state index in [4.69, 9.17) is 0 Å². The lowest BCUT2D eigenvalue weighted by Crippen LogP contribution is -2.42. The molecule has 2 N–H and O–H groups in total. The minimum atomic E-state index is -0.191. The molecule has 0 unspecified atom stereocenters. The van der Waals surface area contributed by atoms with E-state index in [1.54, 1.807) is 0 Å². The lowest BCUT2D eigenvalue weighted by molar-refractivity contribution is 0.0786. The first kappa shape index (κ1) is 8.61. The molecule has 0 aliphatic heterocycles. The van der Waals surface area contributed by atoms with Crippen LogP contribution >= 0.6 is 11.5 Å². The molecule has 0 spiro atoms. The van der Waals surface area contributed by atoms with Gasteiger partial charge in [0.1, 0.15) is 5.82 Å². The van der Waals surface area contributed by atoms with Crippen LogP contribution in [0.25, 0.3) is 0 Å². The third-order valence-electron chi connectivity index (χ3n) is 2.93. The van der Waals surface area contributed by atoms with Crippen LogP contribution in [-0.4, -0.2) is 26.6 Å². The van der Waals surface area contributed by atoms with Crippen LogP contribution in [0, 0.1) is 0 Å². The van der Waals surface area contributed by atoms with E-state index >= 15 is 0 Å². The van der Waals surface area contributed by atoms with Crippen LogP contribution in [-0.2, 0) is 0 Å². The largest absolute Gasteiger partial charge is 0.391 e. The lowest BCUT2D eigenvalue weighted by Gasteiger charge is -2.32. The van der Waals surface area contributed by atoms with Crippen LogP contribution in [0.5, 0.6) is 0 Å². The summed E-state index contributed by atoms with van der Waals surface area (Å²) in [5.74, 6) is 1.61. The second-order valence-electron chi connectivity index (χ2n) is 4.13. The number of anilines is 1. The number of nitrogens with zero attached hydrogens (tertiary/aromatic N) is 2. The van der Waals surface area contributed by atoms with Gasteiger partial charge in [-0.3, -0.25) is 0 Å². The second kappa shape index (κ2) is 3.17. The average molecular weight is 211 g/mol. The Hall–Kier alpha value is -0.680. The summed E-state index contributed by atoms with van der Waals surface area (Å²) in [7, 11) is 0. The molecular formula is C9H13N3OS. The predicted molar refractivity (Wildman–Crippen MR) is 54.5 cm³/mol. The minimum Gasteiger partial charge on any atom is -0.391 e. The van der Waals surface area contributed by atoms with Crippen molar-refractivity contribution in [1.82, 2.24) is 9.36 Å². The maximum atomic E-state index is 9.39. The van der Waals surface area contributed by atoms with Crippen LogP contribution in [0.3, 0.4) is 0 Å². The molecule has 0 aromatic carbocycles. The molecule has 2 aliphatic carbocycles. The van der Waals surface area contributed by atoms with Gasteiger partial charge in [-0.15, -0.1) is 0 Å². The summed E-state index contributed by atoms with van der Waals surface area (Å²) in [6.07, 6.45) is 4.24. The molecule has 2 atom stereocenters. The average Bonchev–Trinajstić information content (AvgIpc) is 2.93. The summed E-state index contributed by atoms with van der Waals surface area (Å²) in [6.45, 7) is 0. The van der Waals surface area contributed by atoms with Gasteiger partial charge in [-0.25, -0.2) is 4.98 Å². The van der Waals surface area contributed by atoms with Crippen molar-refractivity contribution in [2.75, 3.05) is 5.32 Å². The van der Waals surface area contributed by atoms with Crippen molar-refractivity contribution in [1.29, 1.82) is 0 Å². The van der Waals surface area contributed by atoms with Gasteiger partial charge in [0.15, 0.2) is 0 Å². The molecule has 1 heterocycles. The molecule has 0 amide bonds. The third kappa shape index (κ3) is 1.50. The van der Waals surface area contributed by atoms with E-state index in [9.17, 15) is 5.11 Å². The molecule has 0 saturated heterocycles. The standard InChI is InChI=1S/C9H13N3OS/c13-7-4-3-6(7)10-9-11-8(12-14-9)5-1-2-5/h5-7,13H,1-4H2,(H,10,11,12)/t6-,7-/m1/s1. The van der Waals surface area contributed by atoms with E-state index in [1.165, 1.54) is 24.4 Å². The maximum absolute atomic E-state index is 9.39. The van der Waals surface area contributed by atoms with Crippen molar-refractivity contribution in [3.63, 3.8) is 0 Å². The maximum Gasteiger partial charge on any atom is 0.202 e. The van der Waals surface area contributed by atoms with Gasteiger partial charge in [-0.2, -0.15) is 4.37 Å². The van der Waals surface area contributed by atoms with Gasteiger partial charge in [0, 0.05) is 17.5 Å². The molecule has 0 bridgehead atoms. The SMILES string of the molecule is O[C@@H]1CC[C@H]1Nc1nc(C2CC2)ns1. The topological polar surface area (TPSA) is 58.0 Å².